The van der Waals surface area contributed by atoms with Crippen LogP contribution in [0.15, 0.2) is 36.9 Å². The number of benzene rings is 1. The molecule has 0 radical (unpaired) electrons. The largest absolute Gasteiger partial charge is 0.481 e. The third-order valence-electron chi connectivity index (χ3n) is 2.57. The molecule has 0 heterocycles. The van der Waals surface area contributed by atoms with Gasteiger partial charge in [-0.3, -0.25) is 4.79 Å². The average Bonchev–Trinajstić information content (AvgIpc) is 2.35. The lowest BCUT2D eigenvalue weighted by molar-refractivity contribution is -0.137. The van der Waals surface area contributed by atoms with Crippen molar-refractivity contribution in [3.8, 4) is 0 Å². The van der Waals surface area contributed by atoms with E-state index in [1.54, 1.807) is 12.1 Å². The zero-order valence-electron chi connectivity index (χ0n) is 10.8. The maximum atomic E-state index is 11.5. The lowest BCUT2D eigenvalue weighted by Crippen LogP contribution is -2.31. The molecule has 1 aromatic rings. The predicted molar refractivity (Wildman–Crippen MR) is 70.9 cm³/mol. The second kappa shape index (κ2) is 7.20. The minimum Gasteiger partial charge on any atom is -0.481 e. The number of hydrogen-bond donors (Lipinski definition) is 2. The molecule has 5 heteroatoms. The van der Waals surface area contributed by atoms with E-state index in [0.29, 0.717) is 0 Å². The first-order chi connectivity index (χ1) is 9.04. The van der Waals surface area contributed by atoms with Crippen LogP contribution in [0.5, 0.6) is 0 Å². The summed E-state index contributed by atoms with van der Waals surface area (Å²) >= 11 is 0. The summed E-state index contributed by atoms with van der Waals surface area (Å²) < 4.78 is 4.80. The first-order valence-corrected chi connectivity index (χ1v) is 5.86. The molecular weight excluding hydrogens is 246 g/mol. The van der Waals surface area contributed by atoms with Gasteiger partial charge in [-0.15, -0.1) is 0 Å². The van der Waals surface area contributed by atoms with Gasteiger partial charge in [0.1, 0.15) is 6.61 Å². The van der Waals surface area contributed by atoms with E-state index in [1.165, 1.54) is 6.08 Å². The number of carboxylic acid groups (broad SMARTS) is 1. The number of carbonyl (C=O) groups excluding carboxylic acids is 1. The number of aryl methyl sites for hydroxylation is 1. The van der Waals surface area contributed by atoms with Crippen molar-refractivity contribution in [1.82, 2.24) is 5.32 Å². The van der Waals surface area contributed by atoms with Crippen LogP contribution in [0.2, 0.25) is 0 Å². The maximum Gasteiger partial charge on any atom is 0.407 e. The Morgan fingerprint density at radius 3 is 2.74 bits per heavy atom. The van der Waals surface area contributed by atoms with Crippen LogP contribution in [-0.2, 0) is 9.53 Å². The van der Waals surface area contributed by atoms with E-state index in [1.807, 2.05) is 19.1 Å². The van der Waals surface area contributed by atoms with Crippen LogP contribution in [0.3, 0.4) is 0 Å². The molecule has 0 spiro atoms. The normalized spacial score (nSPS) is 11.4. The van der Waals surface area contributed by atoms with Gasteiger partial charge in [0.25, 0.3) is 0 Å². The highest BCUT2D eigenvalue weighted by Crippen LogP contribution is 2.20. The Bertz CT molecular complexity index is 470. The molecule has 0 aliphatic carbocycles. The molecule has 1 atom stereocenters. The topological polar surface area (TPSA) is 75.6 Å². The van der Waals surface area contributed by atoms with Crippen LogP contribution in [0, 0.1) is 6.92 Å². The number of amides is 1. The summed E-state index contributed by atoms with van der Waals surface area (Å²) in [4.78, 5) is 22.4. The minimum absolute atomic E-state index is 0.0827. The number of hydrogen-bond acceptors (Lipinski definition) is 3. The maximum absolute atomic E-state index is 11.5. The van der Waals surface area contributed by atoms with Gasteiger partial charge in [0, 0.05) is 0 Å². The number of rotatable bonds is 6. The van der Waals surface area contributed by atoms with Crippen LogP contribution in [0.4, 0.5) is 4.79 Å². The van der Waals surface area contributed by atoms with Crippen molar-refractivity contribution in [2.45, 2.75) is 19.4 Å². The van der Waals surface area contributed by atoms with Crippen molar-refractivity contribution >= 4 is 12.1 Å². The molecule has 1 aromatic carbocycles. The number of nitrogens with one attached hydrogen (secondary N) is 1. The molecule has 0 unspecified atom stereocenters. The Labute approximate surface area is 111 Å². The fourth-order valence-electron chi connectivity index (χ4n) is 1.71. The van der Waals surface area contributed by atoms with E-state index in [9.17, 15) is 9.59 Å². The zero-order chi connectivity index (χ0) is 14.3. The van der Waals surface area contributed by atoms with E-state index in [2.05, 4.69) is 11.9 Å². The second-order valence-electron chi connectivity index (χ2n) is 4.04. The Morgan fingerprint density at radius 1 is 1.47 bits per heavy atom. The number of aliphatic carboxylic acids is 1. The summed E-state index contributed by atoms with van der Waals surface area (Å²) in [5.41, 5.74) is 1.68. The third kappa shape index (κ3) is 4.83. The Kier molecular flexibility index (Phi) is 5.60. The van der Waals surface area contributed by atoms with Gasteiger partial charge < -0.3 is 15.2 Å². The number of alkyl carbamates (subject to hydrolysis) is 1. The van der Waals surface area contributed by atoms with E-state index < -0.39 is 18.1 Å². The van der Waals surface area contributed by atoms with E-state index in [0.717, 1.165) is 11.1 Å². The summed E-state index contributed by atoms with van der Waals surface area (Å²) in [5.74, 6) is -0.989. The fraction of sp³-hybridized carbons (Fsp3) is 0.286. The van der Waals surface area contributed by atoms with Gasteiger partial charge in [-0.25, -0.2) is 4.79 Å². The van der Waals surface area contributed by atoms with E-state index in [4.69, 9.17) is 9.84 Å². The standard InChI is InChI=1S/C14H17NO4/c1-3-8-19-14(18)15-12(9-13(16)17)11-7-5-4-6-10(11)2/h3-7,12H,1,8-9H2,2H3,(H,15,18)(H,16,17)/t12-/m1/s1. The Balaban J connectivity index is 2.83. The van der Waals surface area contributed by atoms with Crippen LogP contribution >= 0.6 is 0 Å². The molecular formula is C14H17NO4. The van der Waals surface area contributed by atoms with Crippen molar-refractivity contribution in [2.75, 3.05) is 6.61 Å². The summed E-state index contributed by atoms with van der Waals surface area (Å²) in [6, 6.07) is 6.69. The van der Waals surface area contributed by atoms with Crippen LogP contribution in [0.1, 0.15) is 23.6 Å². The highest BCUT2D eigenvalue weighted by molar-refractivity contribution is 5.72. The summed E-state index contributed by atoms with van der Waals surface area (Å²) in [6.45, 7) is 5.38. The van der Waals surface area contributed by atoms with Crippen molar-refractivity contribution in [3.05, 3.63) is 48.0 Å². The average molecular weight is 263 g/mol. The molecule has 0 saturated carbocycles. The first kappa shape index (κ1) is 14.8. The summed E-state index contributed by atoms with van der Waals surface area (Å²) in [5, 5.41) is 11.5. The van der Waals surface area contributed by atoms with E-state index >= 15 is 0 Å². The molecule has 0 fully saturated rings. The van der Waals surface area contributed by atoms with Crippen LogP contribution < -0.4 is 5.32 Å². The fourth-order valence-corrected chi connectivity index (χ4v) is 1.71. The van der Waals surface area contributed by atoms with Crippen molar-refractivity contribution < 1.29 is 19.4 Å². The molecule has 1 amide bonds. The molecule has 0 aliphatic rings. The highest BCUT2D eigenvalue weighted by atomic mass is 16.5. The zero-order valence-corrected chi connectivity index (χ0v) is 10.8. The summed E-state index contributed by atoms with van der Waals surface area (Å²) in [7, 11) is 0. The molecule has 19 heavy (non-hydrogen) atoms. The SMILES string of the molecule is C=CCOC(=O)N[C@H](CC(=O)O)c1ccccc1C. The van der Waals surface area contributed by atoms with Gasteiger partial charge in [0.05, 0.1) is 12.5 Å². The first-order valence-electron chi connectivity index (χ1n) is 5.86. The molecule has 1 rings (SSSR count). The molecule has 0 aliphatic heterocycles. The van der Waals surface area contributed by atoms with Crippen LogP contribution in [-0.4, -0.2) is 23.8 Å². The molecule has 0 saturated heterocycles. The highest BCUT2D eigenvalue weighted by Gasteiger charge is 2.19. The molecule has 5 nitrogen and oxygen atoms in total. The molecule has 0 aromatic heterocycles. The minimum atomic E-state index is -0.989. The Morgan fingerprint density at radius 2 is 2.16 bits per heavy atom. The quantitative estimate of drug-likeness (QED) is 0.773. The molecule has 2 N–H and O–H groups in total. The van der Waals surface area contributed by atoms with Gasteiger partial charge in [-0.2, -0.15) is 0 Å². The van der Waals surface area contributed by atoms with Crippen LogP contribution in [0.25, 0.3) is 0 Å². The van der Waals surface area contributed by atoms with Gasteiger partial charge in [-0.05, 0) is 18.1 Å². The Hall–Kier alpha value is -2.30. The van der Waals surface area contributed by atoms with Crippen molar-refractivity contribution in [1.29, 1.82) is 0 Å². The van der Waals surface area contributed by atoms with Crippen molar-refractivity contribution in [3.63, 3.8) is 0 Å². The summed E-state index contributed by atoms with van der Waals surface area (Å²) in [6.07, 6.45) is 0.586. The van der Waals surface area contributed by atoms with E-state index in [-0.39, 0.29) is 13.0 Å². The predicted octanol–water partition coefficient (Wildman–Crippen LogP) is 2.42. The molecule has 102 valence electrons. The van der Waals surface area contributed by atoms with Crippen molar-refractivity contribution in [2.24, 2.45) is 0 Å². The molecule has 0 bridgehead atoms. The second-order valence-corrected chi connectivity index (χ2v) is 4.04. The van der Waals surface area contributed by atoms with Gasteiger partial charge in [0.2, 0.25) is 0 Å². The monoisotopic (exact) mass is 263 g/mol. The lowest BCUT2D eigenvalue weighted by Gasteiger charge is -2.18. The number of carboxylic acids is 1. The third-order valence-corrected chi connectivity index (χ3v) is 2.57. The van der Waals surface area contributed by atoms with Gasteiger partial charge in [0.15, 0.2) is 0 Å². The van der Waals surface area contributed by atoms with Gasteiger partial charge in [-0.1, -0.05) is 36.9 Å². The lowest BCUT2D eigenvalue weighted by atomic mass is 9.99. The number of ether oxygens (including phenoxy) is 1. The van der Waals surface area contributed by atoms with Gasteiger partial charge >= 0.3 is 12.1 Å². The number of carbonyl (C=O) groups is 2. The smallest absolute Gasteiger partial charge is 0.407 e.